The predicted octanol–water partition coefficient (Wildman–Crippen LogP) is 3.72. The SMILES string of the molecule is Cc1csc(SCC(=O)NCc2c(C)nn(Cc3ccccc3)c2C)n1. The molecule has 0 spiro atoms. The van der Waals surface area contributed by atoms with Crippen molar-refractivity contribution in [1.29, 1.82) is 0 Å². The van der Waals surface area contributed by atoms with Gasteiger partial charge in [-0.1, -0.05) is 42.1 Å². The summed E-state index contributed by atoms with van der Waals surface area (Å²) in [7, 11) is 0. The maximum atomic E-state index is 12.1. The minimum absolute atomic E-state index is 0.0115. The van der Waals surface area contributed by atoms with Crippen molar-refractivity contribution in [3.8, 4) is 0 Å². The normalized spacial score (nSPS) is 10.9. The van der Waals surface area contributed by atoms with E-state index in [0.29, 0.717) is 12.3 Å². The standard InChI is InChI=1S/C19H22N4OS2/c1-13-11-25-19(21-13)26-12-18(24)20-9-17-14(2)22-23(15(17)3)10-16-7-5-4-6-8-16/h4-8,11H,9-10,12H2,1-3H3,(H,20,24). The van der Waals surface area contributed by atoms with E-state index < -0.39 is 0 Å². The highest BCUT2D eigenvalue weighted by atomic mass is 32.2. The summed E-state index contributed by atoms with van der Waals surface area (Å²) in [6, 6.07) is 10.3. The van der Waals surface area contributed by atoms with Gasteiger partial charge in [0.1, 0.15) is 0 Å². The van der Waals surface area contributed by atoms with Gasteiger partial charge in [0.2, 0.25) is 5.91 Å². The molecule has 0 saturated heterocycles. The molecule has 0 aliphatic rings. The fraction of sp³-hybridized carbons (Fsp3) is 0.316. The Labute approximate surface area is 161 Å². The first-order valence-corrected chi connectivity index (χ1v) is 10.3. The molecule has 2 heterocycles. The zero-order valence-corrected chi connectivity index (χ0v) is 16.8. The molecule has 3 rings (SSSR count). The van der Waals surface area contributed by atoms with Gasteiger partial charge in [-0.3, -0.25) is 9.48 Å². The van der Waals surface area contributed by atoms with Gasteiger partial charge in [-0.15, -0.1) is 11.3 Å². The van der Waals surface area contributed by atoms with E-state index in [1.165, 1.54) is 17.3 Å². The van der Waals surface area contributed by atoms with Crippen LogP contribution in [0, 0.1) is 20.8 Å². The van der Waals surface area contributed by atoms with E-state index in [1.807, 2.05) is 42.1 Å². The fourth-order valence-electron chi connectivity index (χ4n) is 2.66. The molecular weight excluding hydrogens is 364 g/mol. The van der Waals surface area contributed by atoms with E-state index in [4.69, 9.17) is 0 Å². The summed E-state index contributed by atoms with van der Waals surface area (Å²) < 4.78 is 2.93. The Morgan fingerprint density at radius 2 is 2.00 bits per heavy atom. The molecule has 0 bridgehead atoms. The number of aromatic nitrogens is 3. The van der Waals surface area contributed by atoms with Crippen LogP contribution >= 0.6 is 23.1 Å². The maximum Gasteiger partial charge on any atom is 0.230 e. The molecule has 136 valence electrons. The second-order valence-electron chi connectivity index (χ2n) is 6.11. The van der Waals surface area contributed by atoms with Gasteiger partial charge in [0.15, 0.2) is 4.34 Å². The largest absolute Gasteiger partial charge is 0.351 e. The fourth-order valence-corrected chi connectivity index (χ4v) is 4.34. The number of rotatable bonds is 7. The number of aryl methyl sites for hydroxylation is 2. The minimum atomic E-state index is 0.0115. The molecule has 1 amide bonds. The monoisotopic (exact) mass is 386 g/mol. The van der Waals surface area contributed by atoms with E-state index in [9.17, 15) is 4.79 Å². The number of hydrogen-bond acceptors (Lipinski definition) is 5. The Morgan fingerprint density at radius 3 is 2.69 bits per heavy atom. The van der Waals surface area contributed by atoms with E-state index >= 15 is 0 Å². The molecule has 1 aromatic carbocycles. The summed E-state index contributed by atoms with van der Waals surface area (Å²) in [5, 5.41) is 9.62. The van der Waals surface area contributed by atoms with Crippen molar-refractivity contribution in [2.24, 2.45) is 0 Å². The van der Waals surface area contributed by atoms with Gasteiger partial charge in [-0.05, 0) is 26.3 Å². The number of nitrogens with one attached hydrogen (secondary N) is 1. The van der Waals surface area contributed by atoms with Crippen LogP contribution < -0.4 is 5.32 Å². The van der Waals surface area contributed by atoms with Gasteiger partial charge in [0, 0.05) is 28.9 Å². The van der Waals surface area contributed by atoms with Gasteiger partial charge in [0.25, 0.3) is 0 Å². The molecule has 26 heavy (non-hydrogen) atoms. The van der Waals surface area contributed by atoms with Gasteiger partial charge >= 0.3 is 0 Å². The summed E-state index contributed by atoms with van der Waals surface area (Å²) in [4.78, 5) is 16.5. The lowest BCUT2D eigenvalue weighted by Crippen LogP contribution is -2.25. The number of thiazole rings is 1. The molecule has 0 unspecified atom stereocenters. The second kappa shape index (κ2) is 8.51. The molecule has 0 radical (unpaired) electrons. The lowest BCUT2D eigenvalue weighted by Gasteiger charge is -2.07. The summed E-state index contributed by atoms with van der Waals surface area (Å²) >= 11 is 3.05. The summed E-state index contributed by atoms with van der Waals surface area (Å²) in [6.45, 7) is 7.24. The van der Waals surface area contributed by atoms with Gasteiger partial charge < -0.3 is 5.32 Å². The summed E-state index contributed by atoms with van der Waals surface area (Å²) in [6.07, 6.45) is 0. The first kappa shape index (κ1) is 18.7. The molecule has 7 heteroatoms. The lowest BCUT2D eigenvalue weighted by atomic mass is 10.2. The van der Waals surface area contributed by atoms with Crippen LogP contribution in [0.25, 0.3) is 0 Å². The van der Waals surface area contributed by atoms with Crippen molar-refractivity contribution in [2.45, 2.75) is 38.2 Å². The quantitative estimate of drug-likeness (QED) is 0.629. The molecular formula is C19H22N4OS2. The third-order valence-corrected chi connectivity index (χ3v) is 6.23. The second-order valence-corrected chi connectivity index (χ2v) is 8.19. The molecule has 0 aliphatic heterocycles. The first-order chi connectivity index (χ1) is 12.5. The minimum Gasteiger partial charge on any atom is -0.351 e. The molecule has 0 fully saturated rings. The highest BCUT2D eigenvalue weighted by Gasteiger charge is 2.13. The van der Waals surface area contributed by atoms with E-state index in [-0.39, 0.29) is 5.91 Å². The number of benzene rings is 1. The predicted molar refractivity (Wildman–Crippen MR) is 107 cm³/mol. The number of hydrogen-bond donors (Lipinski definition) is 1. The number of amides is 1. The highest BCUT2D eigenvalue weighted by Crippen LogP contribution is 2.22. The summed E-state index contributed by atoms with van der Waals surface area (Å²) in [5.74, 6) is 0.390. The first-order valence-electron chi connectivity index (χ1n) is 8.41. The highest BCUT2D eigenvalue weighted by molar-refractivity contribution is 8.01. The smallest absolute Gasteiger partial charge is 0.230 e. The van der Waals surface area contributed by atoms with Crippen LogP contribution in [-0.2, 0) is 17.9 Å². The molecule has 5 nitrogen and oxygen atoms in total. The lowest BCUT2D eigenvalue weighted by molar-refractivity contribution is -0.118. The number of nitrogens with zero attached hydrogens (tertiary/aromatic N) is 3. The van der Waals surface area contributed by atoms with Crippen LogP contribution in [0.3, 0.4) is 0 Å². The summed E-state index contributed by atoms with van der Waals surface area (Å²) in [5.41, 5.74) is 5.35. The van der Waals surface area contributed by atoms with E-state index in [1.54, 1.807) is 11.3 Å². The zero-order chi connectivity index (χ0) is 18.5. The molecule has 0 saturated carbocycles. The van der Waals surface area contributed by atoms with Crippen molar-refractivity contribution in [3.05, 3.63) is 63.9 Å². The Balaban J connectivity index is 1.56. The van der Waals surface area contributed by atoms with Crippen LogP contribution in [-0.4, -0.2) is 26.4 Å². The number of carbonyl (C=O) groups excluding carboxylic acids is 1. The van der Waals surface area contributed by atoms with Crippen LogP contribution in [0.2, 0.25) is 0 Å². The third kappa shape index (κ3) is 4.74. The molecule has 0 atom stereocenters. The van der Waals surface area contributed by atoms with Crippen molar-refractivity contribution in [2.75, 3.05) is 5.75 Å². The van der Waals surface area contributed by atoms with Crippen molar-refractivity contribution < 1.29 is 4.79 Å². The van der Waals surface area contributed by atoms with Gasteiger partial charge in [-0.25, -0.2) is 4.98 Å². The van der Waals surface area contributed by atoms with Crippen molar-refractivity contribution >= 4 is 29.0 Å². The van der Waals surface area contributed by atoms with Gasteiger partial charge in [0.05, 0.1) is 18.0 Å². The maximum absolute atomic E-state index is 12.1. The molecule has 2 aromatic heterocycles. The Bertz CT molecular complexity index is 886. The molecule has 0 aliphatic carbocycles. The van der Waals surface area contributed by atoms with Gasteiger partial charge in [-0.2, -0.15) is 5.10 Å². The van der Waals surface area contributed by atoms with Crippen molar-refractivity contribution in [3.63, 3.8) is 0 Å². The van der Waals surface area contributed by atoms with Crippen LogP contribution in [0.1, 0.15) is 28.2 Å². The zero-order valence-electron chi connectivity index (χ0n) is 15.2. The number of carbonyl (C=O) groups is 1. The third-order valence-electron chi connectivity index (χ3n) is 4.09. The average Bonchev–Trinajstić information content (AvgIpc) is 3.16. The van der Waals surface area contributed by atoms with Crippen molar-refractivity contribution in [1.82, 2.24) is 20.1 Å². The number of thioether (sulfide) groups is 1. The van der Waals surface area contributed by atoms with Crippen LogP contribution in [0.5, 0.6) is 0 Å². The Morgan fingerprint density at radius 1 is 1.23 bits per heavy atom. The molecule has 3 aromatic rings. The average molecular weight is 387 g/mol. The Kier molecular flexibility index (Phi) is 6.11. The topological polar surface area (TPSA) is 59.8 Å². The molecule has 1 N–H and O–H groups in total. The van der Waals surface area contributed by atoms with Crippen LogP contribution in [0.15, 0.2) is 40.1 Å². The van der Waals surface area contributed by atoms with E-state index in [2.05, 4.69) is 34.5 Å². The Hall–Kier alpha value is -2.12. The van der Waals surface area contributed by atoms with Crippen LogP contribution in [0.4, 0.5) is 0 Å². The van der Waals surface area contributed by atoms with E-state index in [0.717, 1.165) is 33.5 Å².